The fraction of sp³-hybridized carbons (Fsp3) is 0.226. The molecule has 0 aliphatic carbocycles. The van der Waals surface area contributed by atoms with Crippen LogP contribution < -0.4 is 10.2 Å². The average Bonchev–Trinajstić information content (AvgIpc) is 3.49. The van der Waals surface area contributed by atoms with Crippen molar-refractivity contribution in [3.63, 3.8) is 0 Å². The van der Waals surface area contributed by atoms with Crippen molar-refractivity contribution in [1.29, 1.82) is 5.26 Å². The number of hydrogen-bond donors (Lipinski definition) is 2. The van der Waals surface area contributed by atoms with Gasteiger partial charge in [0, 0.05) is 56.1 Å². The molecule has 5 rings (SSSR count). The van der Waals surface area contributed by atoms with Crippen LogP contribution in [-0.2, 0) is 16.9 Å². The van der Waals surface area contributed by atoms with Crippen molar-refractivity contribution in [2.45, 2.75) is 12.1 Å². The second-order valence-corrected chi connectivity index (χ2v) is 10.2. The van der Waals surface area contributed by atoms with E-state index in [0.29, 0.717) is 43.1 Å². The van der Waals surface area contributed by atoms with Crippen molar-refractivity contribution in [2.75, 3.05) is 42.9 Å². The number of benzene rings is 3. The highest BCUT2D eigenvalue weighted by molar-refractivity contribution is 6.02. The molecule has 43 heavy (non-hydrogen) atoms. The lowest BCUT2D eigenvalue weighted by Gasteiger charge is -2.40. The summed E-state index contributed by atoms with van der Waals surface area (Å²) in [5.41, 5.74) is 0.148. The van der Waals surface area contributed by atoms with Gasteiger partial charge in [0.15, 0.2) is 0 Å². The smallest absolute Gasteiger partial charge is 0.248 e. The molecule has 3 aromatic carbocycles. The van der Waals surface area contributed by atoms with E-state index in [1.807, 2.05) is 15.9 Å². The highest BCUT2D eigenvalue weighted by Gasteiger charge is 2.36. The molecule has 1 amide bonds. The second kappa shape index (κ2) is 12.9. The van der Waals surface area contributed by atoms with Gasteiger partial charge in [0.05, 0.1) is 23.9 Å². The Morgan fingerprint density at radius 2 is 1.77 bits per heavy atom. The third-order valence-electron chi connectivity index (χ3n) is 7.20. The molecular weight excluding hydrogens is 559 g/mol. The van der Waals surface area contributed by atoms with Crippen LogP contribution in [-0.4, -0.2) is 63.4 Å². The van der Waals surface area contributed by atoms with Crippen LogP contribution >= 0.6 is 0 Å². The molecule has 1 aliphatic heterocycles. The molecule has 2 N–H and O–H groups in total. The lowest BCUT2D eigenvalue weighted by molar-refractivity contribution is -0.111. The number of carbonyl (C=O) groups excluding carboxylic acids is 1. The summed E-state index contributed by atoms with van der Waals surface area (Å²) in [7, 11) is 0. The molecule has 1 unspecified atom stereocenters. The van der Waals surface area contributed by atoms with Crippen LogP contribution in [0.25, 0.3) is 6.08 Å². The number of β-amino-alcohol motifs (C(OH)–C–C–N with tert-alkyl or cyclic N) is 1. The number of halogens is 3. The maximum absolute atomic E-state index is 15.1. The van der Waals surface area contributed by atoms with Crippen LogP contribution in [0.4, 0.5) is 24.5 Å². The van der Waals surface area contributed by atoms with Gasteiger partial charge in [-0.3, -0.25) is 9.69 Å². The van der Waals surface area contributed by atoms with Crippen molar-refractivity contribution in [1.82, 2.24) is 19.7 Å². The number of aromatic nitrogens is 3. The summed E-state index contributed by atoms with van der Waals surface area (Å²) in [5, 5.41) is 27.2. The molecule has 9 nitrogen and oxygen atoms in total. The summed E-state index contributed by atoms with van der Waals surface area (Å²) in [4.78, 5) is 20.0. The summed E-state index contributed by atoms with van der Waals surface area (Å²) in [5.74, 6) is -2.54. The Bertz CT molecular complexity index is 1650. The Balaban J connectivity index is 1.20. The minimum Gasteiger partial charge on any atom is -0.382 e. The molecular formula is C31H28F3N7O2. The van der Waals surface area contributed by atoms with Crippen LogP contribution in [0.3, 0.4) is 0 Å². The third kappa shape index (κ3) is 7.27. The summed E-state index contributed by atoms with van der Waals surface area (Å²) in [6, 6.07) is 16.3. The normalized spacial score (nSPS) is 15.3. The molecule has 0 radical (unpaired) electrons. The molecule has 0 bridgehead atoms. The van der Waals surface area contributed by atoms with E-state index in [1.54, 1.807) is 42.5 Å². The molecule has 4 aromatic rings. The Kier molecular flexibility index (Phi) is 8.85. The lowest BCUT2D eigenvalue weighted by Crippen LogP contribution is -2.52. The Hall–Kier alpha value is -4.99. The number of amides is 1. The van der Waals surface area contributed by atoms with Crippen LogP contribution in [0, 0.1) is 28.8 Å². The molecule has 12 heteroatoms. The first kappa shape index (κ1) is 29.5. The molecule has 1 atom stereocenters. The number of anilines is 2. The predicted octanol–water partition coefficient (Wildman–Crippen LogP) is 3.93. The Morgan fingerprint density at radius 1 is 1.00 bits per heavy atom. The van der Waals surface area contributed by atoms with Gasteiger partial charge in [-0.2, -0.15) is 10.4 Å². The zero-order valence-corrected chi connectivity index (χ0v) is 23.0. The summed E-state index contributed by atoms with van der Waals surface area (Å²) in [6.45, 7) is 1.69. The highest BCUT2D eigenvalue weighted by atomic mass is 19.1. The third-order valence-corrected chi connectivity index (χ3v) is 7.20. The van der Waals surface area contributed by atoms with Crippen molar-refractivity contribution < 1.29 is 23.1 Å². The van der Waals surface area contributed by atoms with Crippen LogP contribution in [0.15, 0.2) is 79.4 Å². The van der Waals surface area contributed by atoms with E-state index in [4.69, 9.17) is 5.26 Å². The van der Waals surface area contributed by atoms with E-state index < -0.39 is 29.0 Å². The van der Waals surface area contributed by atoms with Crippen molar-refractivity contribution >= 4 is 23.4 Å². The Labute approximate surface area is 246 Å². The van der Waals surface area contributed by atoms with Crippen molar-refractivity contribution in [2.24, 2.45) is 0 Å². The van der Waals surface area contributed by atoms with E-state index in [9.17, 15) is 18.7 Å². The number of piperazine rings is 1. The van der Waals surface area contributed by atoms with Crippen LogP contribution in [0.1, 0.15) is 16.7 Å². The van der Waals surface area contributed by atoms with E-state index in [2.05, 4.69) is 15.4 Å². The average molecular weight is 588 g/mol. The van der Waals surface area contributed by atoms with Crippen molar-refractivity contribution in [3.05, 3.63) is 114 Å². The van der Waals surface area contributed by atoms with Crippen LogP contribution in [0.2, 0.25) is 0 Å². The number of nitrogens with one attached hydrogen (secondary N) is 1. The van der Waals surface area contributed by atoms with Gasteiger partial charge in [0.25, 0.3) is 0 Å². The van der Waals surface area contributed by atoms with E-state index in [0.717, 1.165) is 17.7 Å². The first-order valence-electron chi connectivity index (χ1n) is 13.5. The SMILES string of the molecule is N#Cc1ccc(/C=C/C(=O)Nc2ccc(N3CCN(CC(O)(Cn4cncn4)c4ccc(F)cc4F)CC3)c(F)c2)cc1. The molecule has 0 saturated carbocycles. The number of nitriles is 1. The molecule has 220 valence electrons. The molecule has 1 aromatic heterocycles. The number of aliphatic hydroxyl groups is 1. The maximum Gasteiger partial charge on any atom is 0.248 e. The summed E-state index contributed by atoms with van der Waals surface area (Å²) >= 11 is 0. The molecule has 1 aliphatic rings. The number of carbonyl (C=O) groups is 1. The topological polar surface area (TPSA) is 110 Å². The lowest BCUT2D eigenvalue weighted by atomic mass is 9.92. The molecule has 0 spiro atoms. The van der Waals surface area contributed by atoms with Crippen LogP contribution in [0.5, 0.6) is 0 Å². The molecule has 1 saturated heterocycles. The fourth-order valence-electron chi connectivity index (χ4n) is 5.05. The quantitative estimate of drug-likeness (QED) is 0.286. The first-order valence-corrected chi connectivity index (χ1v) is 13.5. The van der Waals surface area contributed by atoms with Gasteiger partial charge in [-0.1, -0.05) is 18.2 Å². The highest BCUT2D eigenvalue weighted by Crippen LogP contribution is 2.29. The van der Waals surface area contributed by atoms with Crippen molar-refractivity contribution in [3.8, 4) is 6.07 Å². The maximum atomic E-state index is 15.1. The minimum absolute atomic E-state index is 0.0344. The van der Waals surface area contributed by atoms with E-state index in [1.165, 1.54) is 35.5 Å². The van der Waals surface area contributed by atoms with Gasteiger partial charge in [0.2, 0.25) is 5.91 Å². The molecule has 2 heterocycles. The predicted molar refractivity (Wildman–Crippen MR) is 154 cm³/mol. The summed E-state index contributed by atoms with van der Waals surface area (Å²) < 4.78 is 44.8. The first-order chi connectivity index (χ1) is 20.7. The van der Waals surface area contributed by atoms with Gasteiger partial charge >= 0.3 is 0 Å². The number of rotatable bonds is 9. The van der Waals surface area contributed by atoms with Gasteiger partial charge < -0.3 is 15.3 Å². The monoisotopic (exact) mass is 587 g/mol. The minimum atomic E-state index is -1.73. The van der Waals surface area contributed by atoms with Gasteiger partial charge in [-0.05, 0) is 48.0 Å². The largest absolute Gasteiger partial charge is 0.382 e. The van der Waals surface area contributed by atoms with E-state index in [-0.39, 0.29) is 18.7 Å². The van der Waals surface area contributed by atoms with Gasteiger partial charge in [-0.15, -0.1) is 0 Å². The van der Waals surface area contributed by atoms with Gasteiger partial charge in [-0.25, -0.2) is 22.8 Å². The second-order valence-electron chi connectivity index (χ2n) is 10.2. The summed E-state index contributed by atoms with van der Waals surface area (Å²) in [6.07, 6.45) is 5.64. The zero-order chi connectivity index (χ0) is 30.4. The van der Waals surface area contributed by atoms with Gasteiger partial charge in [0.1, 0.15) is 35.7 Å². The standard InChI is InChI=1S/C31H28F3N7O2/c32-24-6-8-26(27(33)15-24)31(43,19-41-21-36-20-37-41)18-39-11-13-40(14-12-39)29-9-7-25(16-28(29)34)38-30(42)10-5-22-1-3-23(17-35)4-2-22/h1-10,15-16,20-21,43H,11-14,18-19H2,(H,38,42)/b10-5+. The fourth-order valence-corrected chi connectivity index (χ4v) is 5.05. The zero-order valence-electron chi connectivity index (χ0n) is 23.0. The Morgan fingerprint density at radius 3 is 2.42 bits per heavy atom. The number of nitrogens with zero attached hydrogens (tertiary/aromatic N) is 6. The number of hydrogen-bond acceptors (Lipinski definition) is 7. The van der Waals surface area contributed by atoms with E-state index >= 15 is 4.39 Å². The molecule has 1 fully saturated rings.